The molecule has 7 heteroatoms. The lowest BCUT2D eigenvalue weighted by Crippen LogP contribution is -2.47. The van der Waals surface area contributed by atoms with E-state index in [0.29, 0.717) is 29.7 Å². The van der Waals surface area contributed by atoms with Crippen LogP contribution in [-0.4, -0.2) is 37.6 Å². The minimum Gasteiger partial charge on any atom is -0.495 e. The van der Waals surface area contributed by atoms with E-state index in [4.69, 9.17) is 21.1 Å². The molecule has 4 atom stereocenters. The number of likely N-dealkylation sites (N-methyl/N-ethyl adjacent to an activating group) is 1. The lowest BCUT2D eigenvalue weighted by atomic mass is 9.97. The van der Waals surface area contributed by atoms with E-state index in [1.54, 1.807) is 19.2 Å². The molecule has 34 heavy (non-hydrogen) atoms. The van der Waals surface area contributed by atoms with Crippen molar-refractivity contribution >= 4 is 23.4 Å². The van der Waals surface area contributed by atoms with Gasteiger partial charge in [-0.1, -0.05) is 61.0 Å². The van der Waals surface area contributed by atoms with Crippen LogP contribution in [0.3, 0.4) is 0 Å². The molecule has 2 aromatic rings. The van der Waals surface area contributed by atoms with E-state index in [0.717, 1.165) is 18.4 Å². The molecule has 1 heterocycles. The fourth-order valence-electron chi connectivity index (χ4n) is 3.98. The molecular weight excluding hydrogens is 452 g/mol. The second kappa shape index (κ2) is 12.6. The molecule has 0 unspecified atom stereocenters. The first kappa shape index (κ1) is 25.8. The molecule has 0 radical (unpaired) electrons. The summed E-state index contributed by atoms with van der Waals surface area (Å²) in [4.78, 5) is 25.0. The molecule has 0 aromatic heterocycles. The molecule has 0 saturated carbocycles. The van der Waals surface area contributed by atoms with Crippen LogP contribution in [0.1, 0.15) is 43.9 Å². The van der Waals surface area contributed by atoms with Crippen LogP contribution >= 0.6 is 11.6 Å². The number of epoxide rings is 1. The van der Waals surface area contributed by atoms with Crippen LogP contribution in [0.2, 0.25) is 5.02 Å². The molecule has 3 rings (SSSR count). The Morgan fingerprint density at radius 3 is 2.65 bits per heavy atom. The second-order valence-electron chi connectivity index (χ2n) is 8.52. The number of hydrogen-bond donors (Lipinski definition) is 2. The van der Waals surface area contributed by atoms with E-state index in [9.17, 15) is 9.59 Å². The van der Waals surface area contributed by atoms with E-state index >= 15 is 0 Å². The highest BCUT2D eigenvalue weighted by Crippen LogP contribution is 2.44. The first-order valence-corrected chi connectivity index (χ1v) is 12.1. The van der Waals surface area contributed by atoms with Crippen molar-refractivity contribution in [3.63, 3.8) is 0 Å². The number of carbonyl (C=O) groups is 2. The highest BCUT2D eigenvalue weighted by molar-refractivity contribution is 6.32. The Bertz CT molecular complexity index is 995. The van der Waals surface area contributed by atoms with E-state index in [-0.39, 0.29) is 24.0 Å². The normalized spacial score (nSPS) is 18.8. The molecule has 0 aliphatic carbocycles. The van der Waals surface area contributed by atoms with Gasteiger partial charge >= 0.3 is 0 Å². The Hall–Kier alpha value is -2.83. The monoisotopic (exact) mass is 484 g/mol. The Morgan fingerprint density at radius 2 is 1.97 bits per heavy atom. The molecule has 0 spiro atoms. The molecule has 1 fully saturated rings. The van der Waals surface area contributed by atoms with Gasteiger partial charge in [-0.2, -0.15) is 0 Å². The maximum Gasteiger partial charge on any atom is 0.244 e. The molecule has 6 nitrogen and oxygen atoms in total. The van der Waals surface area contributed by atoms with E-state index in [1.807, 2.05) is 37.3 Å². The van der Waals surface area contributed by atoms with Crippen LogP contribution in [-0.2, 0) is 20.7 Å². The number of methoxy groups -OCH3 is 1. The fraction of sp³-hybridized carbons (Fsp3) is 0.407. The molecule has 0 bridgehead atoms. The van der Waals surface area contributed by atoms with Gasteiger partial charge in [0.15, 0.2) is 0 Å². The van der Waals surface area contributed by atoms with Crippen molar-refractivity contribution in [2.75, 3.05) is 13.7 Å². The zero-order valence-electron chi connectivity index (χ0n) is 19.9. The zero-order valence-corrected chi connectivity index (χ0v) is 20.7. The summed E-state index contributed by atoms with van der Waals surface area (Å²) in [6.07, 6.45) is 5.76. The number of benzene rings is 2. The lowest BCUT2D eigenvalue weighted by molar-refractivity contribution is -0.127. The summed E-state index contributed by atoms with van der Waals surface area (Å²) >= 11 is 6.21. The quantitative estimate of drug-likeness (QED) is 0.340. The number of halogens is 1. The molecule has 2 amide bonds. The third kappa shape index (κ3) is 7.34. The number of hydrogen-bond acceptors (Lipinski definition) is 4. The van der Waals surface area contributed by atoms with Gasteiger partial charge in [0.25, 0.3) is 0 Å². The maximum atomic E-state index is 12.5. The van der Waals surface area contributed by atoms with Crippen molar-refractivity contribution < 1.29 is 19.1 Å². The SMILES string of the molecule is CCNC(=O)[C@@H](Cc1ccc(OC)c(Cl)c1)NC(=O)/C=C/CC[C@H](C)[C@H]1O[C@@H]1c1ccccc1. The van der Waals surface area contributed by atoms with Crippen LogP contribution in [0.4, 0.5) is 0 Å². The van der Waals surface area contributed by atoms with Gasteiger partial charge in [-0.3, -0.25) is 9.59 Å². The first-order chi connectivity index (χ1) is 16.4. The van der Waals surface area contributed by atoms with Crippen LogP contribution in [0, 0.1) is 5.92 Å². The van der Waals surface area contributed by atoms with Crippen molar-refractivity contribution in [2.24, 2.45) is 5.92 Å². The van der Waals surface area contributed by atoms with Gasteiger partial charge in [0.1, 0.15) is 17.9 Å². The fourth-order valence-corrected chi connectivity index (χ4v) is 4.26. The number of carbonyl (C=O) groups excluding carboxylic acids is 2. The highest BCUT2D eigenvalue weighted by Gasteiger charge is 2.43. The third-order valence-electron chi connectivity index (χ3n) is 5.91. The van der Waals surface area contributed by atoms with Crippen molar-refractivity contribution in [3.05, 3.63) is 76.8 Å². The molecule has 1 aliphatic heterocycles. The molecule has 1 saturated heterocycles. The summed E-state index contributed by atoms with van der Waals surface area (Å²) in [5, 5.41) is 6.05. The number of nitrogens with one attached hydrogen (secondary N) is 2. The molecule has 2 aromatic carbocycles. The predicted octanol–water partition coefficient (Wildman–Crippen LogP) is 4.62. The summed E-state index contributed by atoms with van der Waals surface area (Å²) in [6.45, 7) is 4.50. The number of rotatable bonds is 12. The summed E-state index contributed by atoms with van der Waals surface area (Å²) < 4.78 is 11.0. The first-order valence-electron chi connectivity index (χ1n) is 11.7. The lowest BCUT2D eigenvalue weighted by Gasteiger charge is -2.18. The average molecular weight is 485 g/mol. The largest absolute Gasteiger partial charge is 0.495 e. The number of amides is 2. The Kier molecular flexibility index (Phi) is 9.54. The van der Waals surface area contributed by atoms with Gasteiger partial charge in [0.05, 0.1) is 18.2 Å². The Balaban J connectivity index is 1.48. The maximum absolute atomic E-state index is 12.5. The van der Waals surface area contributed by atoms with E-state index in [2.05, 4.69) is 29.7 Å². The summed E-state index contributed by atoms with van der Waals surface area (Å²) in [5.74, 6) is 0.421. The van der Waals surface area contributed by atoms with Crippen LogP contribution < -0.4 is 15.4 Å². The van der Waals surface area contributed by atoms with Crippen LogP contribution in [0.15, 0.2) is 60.7 Å². The van der Waals surface area contributed by atoms with E-state index in [1.165, 1.54) is 11.6 Å². The highest BCUT2D eigenvalue weighted by atomic mass is 35.5. The van der Waals surface area contributed by atoms with Gasteiger partial charge in [0, 0.05) is 13.0 Å². The smallest absolute Gasteiger partial charge is 0.244 e. The van der Waals surface area contributed by atoms with Gasteiger partial charge < -0.3 is 20.1 Å². The molecule has 182 valence electrons. The predicted molar refractivity (Wildman–Crippen MR) is 134 cm³/mol. The van der Waals surface area contributed by atoms with Gasteiger partial charge in [-0.25, -0.2) is 0 Å². The van der Waals surface area contributed by atoms with Gasteiger partial charge in [-0.15, -0.1) is 0 Å². The minimum absolute atomic E-state index is 0.174. The second-order valence-corrected chi connectivity index (χ2v) is 8.92. The minimum atomic E-state index is -0.702. The van der Waals surface area contributed by atoms with Crippen molar-refractivity contribution in [1.29, 1.82) is 0 Å². The van der Waals surface area contributed by atoms with Gasteiger partial charge in [0.2, 0.25) is 11.8 Å². The summed E-state index contributed by atoms with van der Waals surface area (Å²) in [6, 6.07) is 14.9. The van der Waals surface area contributed by atoms with Crippen molar-refractivity contribution in [3.8, 4) is 5.75 Å². The summed E-state index contributed by atoms with van der Waals surface area (Å²) in [5.41, 5.74) is 2.04. The molecule has 1 aliphatic rings. The zero-order chi connectivity index (χ0) is 24.5. The Morgan fingerprint density at radius 1 is 1.21 bits per heavy atom. The van der Waals surface area contributed by atoms with Crippen LogP contribution in [0.25, 0.3) is 0 Å². The summed E-state index contributed by atoms with van der Waals surface area (Å²) in [7, 11) is 1.55. The number of ether oxygens (including phenoxy) is 2. The average Bonchev–Trinajstić information content (AvgIpc) is 3.63. The van der Waals surface area contributed by atoms with Gasteiger partial charge in [-0.05, 0) is 55.0 Å². The van der Waals surface area contributed by atoms with Crippen molar-refractivity contribution in [1.82, 2.24) is 10.6 Å². The molecule has 2 N–H and O–H groups in total. The standard InChI is InChI=1S/C27H33ClN2O4/c1-4-29-27(32)22(17-19-14-15-23(33-3)21(28)16-19)30-24(31)13-9-8-10-18(2)25-26(34-25)20-11-6-5-7-12-20/h5-7,9,11-16,18,22,25-26H,4,8,10,17H2,1-3H3,(H,29,32)(H,30,31)/b13-9+/t18-,22+,25+,26+/m0/s1. The van der Waals surface area contributed by atoms with E-state index < -0.39 is 6.04 Å². The van der Waals surface area contributed by atoms with Crippen molar-refractivity contribution in [2.45, 2.75) is 51.4 Å². The Labute approximate surface area is 206 Å². The van der Waals surface area contributed by atoms with Crippen LogP contribution in [0.5, 0.6) is 5.75 Å². The number of allylic oxidation sites excluding steroid dienone is 1. The molecular formula is C27H33ClN2O4. The topological polar surface area (TPSA) is 80.0 Å². The third-order valence-corrected chi connectivity index (χ3v) is 6.21.